The van der Waals surface area contributed by atoms with E-state index in [2.05, 4.69) is 4.98 Å². The second-order valence-electron chi connectivity index (χ2n) is 5.45. The van der Waals surface area contributed by atoms with Gasteiger partial charge in [-0.05, 0) is 23.6 Å². The van der Waals surface area contributed by atoms with Gasteiger partial charge in [-0.3, -0.25) is 9.78 Å². The van der Waals surface area contributed by atoms with Crippen molar-refractivity contribution in [2.24, 2.45) is 0 Å². The number of aromatic carboxylic acids is 1. The molecule has 5 nitrogen and oxygen atoms in total. The van der Waals surface area contributed by atoms with Gasteiger partial charge in [-0.1, -0.05) is 36.4 Å². The van der Waals surface area contributed by atoms with Crippen molar-refractivity contribution in [3.63, 3.8) is 0 Å². The third-order valence-electron chi connectivity index (χ3n) is 4.03. The molecule has 0 aliphatic carbocycles. The van der Waals surface area contributed by atoms with Crippen LogP contribution < -0.4 is 0 Å². The molecule has 116 valence electrons. The molecule has 23 heavy (non-hydrogen) atoms. The van der Waals surface area contributed by atoms with Crippen molar-refractivity contribution in [2.75, 3.05) is 13.1 Å². The van der Waals surface area contributed by atoms with Crippen LogP contribution in [0.15, 0.2) is 48.8 Å². The molecule has 0 saturated carbocycles. The molecule has 2 heterocycles. The molecule has 2 aromatic rings. The Labute approximate surface area is 133 Å². The fourth-order valence-corrected chi connectivity index (χ4v) is 2.70. The van der Waals surface area contributed by atoms with Gasteiger partial charge in [0.2, 0.25) is 0 Å². The van der Waals surface area contributed by atoms with E-state index in [0.717, 1.165) is 11.1 Å². The van der Waals surface area contributed by atoms with Crippen LogP contribution in [0.2, 0.25) is 0 Å². The number of nitrogens with zero attached hydrogens (tertiary/aromatic N) is 2. The predicted octanol–water partition coefficient (Wildman–Crippen LogP) is 2.63. The molecular weight excluding hydrogens is 292 g/mol. The van der Waals surface area contributed by atoms with Gasteiger partial charge in [-0.15, -0.1) is 0 Å². The Hall–Kier alpha value is -2.95. The Bertz CT molecular complexity index is 797. The second kappa shape index (κ2) is 6.04. The highest BCUT2D eigenvalue weighted by atomic mass is 16.4. The average molecular weight is 308 g/mol. The van der Waals surface area contributed by atoms with E-state index >= 15 is 0 Å². The number of hydrogen-bond acceptors (Lipinski definition) is 3. The number of pyridine rings is 1. The minimum Gasteiger partial charge on any atom is -0.478 e. The van der Waals surface area contributed by atoms with Crippen molar-refractivity contribution in [3.8, 4) is 0 Å². The Morgan fingerprint density at radius 1 is 1.13 bits per heavy atom. The molecule has 0 spiro atoms. The van der Waals surface area contributed by atoms with Crippen LogP contribution in [0, 0.1) is 6.92 Å². The smallest absolute Gasteiger partial charge is 0.337 e. The molecule has 1 aliphatic heterocycles. The standard InChI is InChI=1S/C18H16N2O3/c1-12-15(9-19-10-16(12)18(22)23)17(21)20-8-7-14(11-20)13-5-3-2-4-6-13/h2-7,9-10H,8,11H2,1H3,(H,22,23). The van der Waals surface area contributed by atoms with Crippen LogP contribution in [0.4, 0.5) is 0 Å². The maximum Gasteiger partial charge on any atom is 0.337 e. The summed E-state index contributed by atoms with van der Waals surface area (Å²) in [6.07, 6.45) is 4.73. The zero-order chi connectivity index (χ0) is 16.4. The Balaban J connectivity index is 1.81. The lowest BCUT2D eigenvalue weighted by Crippen LogP contribution is -2.30. The summed E-state index contributed by atoms with van der Waals surface area (Å²) in [5, 5.41) is 9.15. The van der Waals surface area contributed by atoms with Crippen molar-refractivity contribution in [1.29, 1.82) is 0 Å². The first-order valence-corrected chi connectivity index (χ1v) is 7.29. The Morgan fingerprint density at radius 3 is 2.52 bits per heavy atom. The topological polar surface area (TPSA) is 70.5 Å². The molecule has 1 aliphatic rings. The lowest BCUT2D eigenvalue weighted by molar-refractivity contribution is 0.0695. The van der Waals surface area contributed by atoms with Gasteiger partial charge in [0.1, 0.15) is 0 Å². The lowest BCUT2D eigenvalue weighted by Gasteiger charge is -2.18. The van der Waals surface area contributed by atoms with E-state index in [9.17, 15) is 9.59 Å². The van der Waals surface area contributed by atoms with E-state index in [1.165, 1.54) is 12.4 Å². The van der Waals surface area contributed by atoms with Crippen LogP contribution in [0.5, 0.6) is 0 Å². The molecule has 1 amide bonds. The number of amides is 1. The molecule has 0 radical (unpaired) electrons. The Kier molecular flexibility index (Phi) is 3.93. The Morgan fingerprint density at radius 2 is 1.83 bits per heavy atom. The highest BCUT2D eigenvalue weighted by Crippen LogP contribution is 2.23. The monoisotopic (exact) mass is 308 g/mol. The van der Waals surface area contributed by atoms with Crippen molar-refractivity contribution >= 4 is 17.4 Å². The van der Waals surface area contributed by atoms with Gasteiger partial charge in [0.15, 0.2) is 0 Å². The normalized spacial score (nSPS) is 13.8. The molecule has 0 unspecified atom stereocenters. The molecular formula is C18H16N2O3. The van der Waals surface area contributed by atoms with Crippen molar-refractivity contribution in [3.05, 3.63) is 71.1 Å². The summed E-state index contributed by atoms with van der Waals surface area (Å²) in [5.41, 5.74) is 3.04. The lowest BCUT2D eigenvalue weighted by atomic mass is 10.0. The van der Waals surface area contributed by atoms with E-state index in [0.29, 0.717) is 24.2 Å². The number of carbonyl (C=O) groups excluding carboxylic acids is 1. The minimum absolute atomic E-state index is 0.0614. The van der Waals surface area contributed by atoms with E-state index in [1.54, 1.807) is 11.8 Å². The van der Waals surface area contributed by atoms with Gasteiger partial charge >= 0.3 is 5.97 Å². The van der Waals surface area contributed by atoms with Crippen LogP contribution in [0.1, 0.15) is 31.8 Å². The van der Waals surface area contributed by atoms with Crippen LogP contribution in [0.3, 0.4) is 0 Å². The third kappa shape index (κ3) is 2.85. The van der Waals surface area contributed by atoms with Crippen LogP contribution in [-0.2, 0) is 0 Å². The highest BCUT2D eigenvalue weighted by molar-refractivity contribution is 6.00. The minimum atomic E-state index is -1.07. The number of rotatable bonds is 3. The molecule has 0 bridgehead atoms. The van der Waals surface area contributed by atoms with E-state index in [1.807, 2.05) is 36.4 Å². The third-order valence-corrected chi connectivity index (χ3v) is 4.03. The van der Waals surface area contributed by atoms with E-state index in [-0.39, 0.29) is 11.5 Å². The fourth-order valence-electron chi connectivity index (χ4n) is 2.70. The summed E-state index contributed by atoms with van der Waals surface area (Å²) in [7, 11) is 0. The summed E-state index contributed by atoms with van der Waals surface area (Å²) < 4.78 is 0. The molecule has 1 N–H and O–H groups in total. The van der Waals surface area contributed by atoms with Crippen LogP contribution >= 0.6 is 0 Å². The molecule has 3 rings (SSSR count). The first-order chi connectivity index (χ1) is 11.1. The van der Waals surface area contributed by atoms with Gasteiger partial charge in [-0.25, -0.2) is 4.79 Å². The number of carboxylic acid groups (broad SMARTS) is 1. The predicted molar refractivity (Wildman–Crippen MR) is 86.3 cm³/mol. The number of hydrogen-bond donors (Lipinski definition) is 1. The molecule has 0 atom stereocenters. The SMILES string of the molecule is Cc1c(C(=O)O)cncc1C(=O)N1CC=C(c2ccccc2)C1. The average Bonchev–Trinajstić information content (AvgIpc) is 3.05. The zero-order valence-electron chi connectivity index (χ0n) is 12.7. The maximum absolute atomic E-state index is 12.7. The van der Waals surface area contributed by atoms with Gasteiger partial charge in [0.05, 0.1) is 11.1 Å². The zero-order valence-corrected chi connectivity index (χ0v) is 12.7. The van der Waals surface area contributed by atoms with Gasteiger partial charge < -0.3 is 10.0 Å². The molecule has 1 aromatic carbocycles. The van der Waals surface area contributed by atoms with E-state index in [4.69, 9.17) is 5.11 Å². The quantitative estimate of drug-likeness (QED) is 0.946. The van der Waals surface area contributed by atoms with Gasteiger partial charge in [-0.2, -0.15) is 0 Å². The van der Waals surface area contributed by atoms with Crippen LogP contribution in [0.25, 0.3) is 5.57 Å². The number of aromatic nitrogens is 1. The first-order valence-electron chi connectivity index (χ1n) is 7.29. The summed E-state index contributed by atoms with van der Waals surface area (Å²) in [6, 6.07) is 9.90. The summed E-state index contributed by atoms with van der Waals surface area (Å²) in [6.45, 7) is 2.67. The molecule has 0 saturated heterocycles. The second-order valence-corrected chi connectivity index (χ2v) is 5.45. The largest absolute Gasteiger partial charge is 0.478 e. The first kappa shape index (κ1) is 15.0. The van der Waals surface area contributed by atoms with Crippen molar-refractivity contribution < 1.29 is 14.7 Å². The van der Waals surface area contributed by atoms with Gasteiger partial charge in [0.25, 0.3) is 5.91 Å². The van der Waals surface area contributed by atoms with Crippen LogP contribution in [-0.4, -0.2) is 40.0 Å². The number of carbonyl (C=O) groups is 2. The van der Waals surface area contributed by atoms with Crippen molar-refractivity contribution in [1.82, 2.24) is 9.88 Å². The van der Waals surface area contributed by atoms with Gasteiger partial charge in [0, 0.05) is 25.5 Å². The molecule has 0 fully saturated rings. The molecule has 5 heteroatoms. The maximum atomic E-state index is 12.7. The molecule has 1 aromatic heterocycles. The highest BCUT2D eigenvalue weighted by Gasteiger charge is 2.24. The summed E-state index contributed by atoms with van der Waals surface area (Å²) in [5.74, 6) is -1.27. The van der Waals surface area contributed by atoms with Crippen molar-refractivity contribution in [2.45, 2.75) is 6.92 Å². The summed E-state index contributed by atoms with van der Waals surface area (Å²) >= 11 is 0. The number of carboxylic acids is 1. The summed E-state index contributed by atoms with van der Waals surface area (Å²) in [4.78, 5) is 29.4. The fraction of sp³-hybridized carbons (Fsp3) is 0.167. The number of benzene rings is 1. The van der Waals surface area contributed by atoms with E-state index < -0.39 is 5.97 Å².